The molecule has 2 atom stereocenters. The molecule has 0 heterocycles. The molecule has 96 valence electrons. The number of hydrogen-bond donors (Lipinski definition) is 1. The summed E-state index contributed by atoms with van der Waals surface area (Å²) in [5, 5.41) is 0. The molecule has 0 aromatic heterocycles. The monoisotopic (exact) mass is 228 g/mol. The lowest BCUT2D eigenvalue weighted by Crippen LogP contribution is -2.34. The molecule has 3 nitrogen and oxygen atoms in total. The van der Waals surface area contributed by atoms with Crippen molar-refractivity contribution in [2.24, 2.45) is 17.6 Å². The Balaban J connectivity index is 4.00. The van der Waals surface area contributed by atoms with Crippen LogP contribution in [0.25, 0.3) is 0 Å². The van der Waals surface area contributed by atoms with Gasteiger partial charge in [-0.1, -0.05) is 27.2 Å². The highest BCUT2D eigenvalue weighted by atomic mass is 16.2. The Morgan fingerprint density at radius 3 is 2.31 bits per heavy atom. The van der Waals surface area contributed by atoms with Gasteiger partial charge in [0.25, 0.3) is 0 Å². The predicted molar refractivity (Wildman–Crippen MR) is 69.2 cm³/mol. The third kappa shape index (κ3) is 6.11. The average Bonchev–Trinajstić information content (AvgIpc) is 2.31. The van der Waals surface area contributed by atoms with Crippen LogP contribution in [0.15, 0.2) is 0 Å². The lowest BCUT2D eigenvalue weighted by atomic mass is 10.0. The van der Waals surface area contributed by atoms with Crippen molar-refractivity contribution >= 4 is 5.91 Å². The van der Waals surface area contributed by atoms with E-state index in [-0.39, 0.29) is 5.91 Å². The van der Waals surface area contributed by atoms with Gasteiger partial charge in [-0.3, -0.25) is 4.79 Å². The molecule has 1 amide bonds. The van der Waals surface area contributed by atoms with Crippen molar-refractivity contribution in [1.82, 2.24) is 4.90 Å². The minimum Gasteiger partial charge on any atom is -0.343 e. The molecule has 0 aromatic carbocycles. The Kier molecular flexibility index (Phi) is 8.26. The van der Waals surface area contributed by atoms with Gasteiger partial charge in [0.05, 0.1) is 0 Å². The van der Waals surface area contributed by atoms with Gasteiger partial charge >= 0.3 is 0 Å². The molecule has 0 aliphatic heterocycles. The second-order valence-corrected chi connectivity index (χ2v) is 4.83. The second-order valence-electron chi connectivity index (χ2n) is 4.83. The highest BCUT2D eigenvalue weighted by molar-refractivity contribution is 5.76. The first-order chi connectivity index (χ1) is 7.54. The molecular formula is C13H28N2O. The maximum atomic E-state index is 11.9. The van der Waals surface area contributed by atoms with E-state index in [2.05, 4.69) is 20.8 Å². The molecule has 0 radical (unpaired) electrons. The van der Waals surface area contributed by atoms with E-state index in [0.29, 0.717) is 24.8 Å². The van der Waals surface area contributed by atoms with Crippen LogP contribution in [-0.2, 0) is 4.79 Å². The number of nitrogens with zero attached hydrogens (tertiary/aromatic N) is 1. The molecule has 0 spiro atoms. The summed E-state index contributed by atoms with van der Waals surface area (Å²) >= 11 is 0. The minimum absolute atomic E-state index is 0.281. The maximum absolute atomic E-state index is 11.9. The fourth-order valence-electron chi connectivity index (χ4n) is 1.56. The largest absolute Gasteiger partial charge is 0.343 e. The van der Waals surface area contributed by atoms with E-state index in [1.807, 2.05) is 11.8 Å². The van der Waals surface area contributed by atoms with Crippen molar-refractivity contribution in [1.29, 1.82) is 0 Å². The average molecular weight is 228 g/mol. The molecule has 0 fully saturated rings. The van der Waals surface area contributed by atoms with Crippen molar-refractivity contribution in [3.8, 4) is 0 Å². The van der Waals surface area contributed by atoms with Crippen LogP contribution in [0.2, 0.25) is 0 Å². The molecule has 0 bridgehead atoms. The van der Waals surface area contributed by atoms with E-state index in [1.165, 1.54) is 0 Å². The summed E-state index contributed by atoms with van der Waals surface area (Å²) in [7, 11) is 0. The third-order valence-electron chi connectivity index (χ3n) is 3.22. The van der Waals surface area contributed by atoms with Crippen LogP contribution < -0.4 is 5.73 Å². The zero-order valence-electron chi connectivity index (χ0n) is 11.3. The SMILES string of the molecule is CCC(C)CN(CC)C(=O)CCC(C)CN. The van der Waals surface area contributed by atoms with Gasteiger partial charge in [-0.25, -0.2) is 0 Å². The molecular weight excluding hydrogens is 200 g/mol. The first kappa shape index (κ1) is 15.4. The minimum atomic E-state index is 0.281. The van der Waals surface area contributed by atoms with Gasteiger partial charge in [-0.05, 0) is 31.7 Å². The van der Waals surface area contributed by atoms with Crippen molar-refractivity contribution in [2.45, 2.75) is 47.0 Å². The van der Waals surface area contributed by atoms with Crippen LogP contribution in [0, 0.1) is 11.8 Å². The molecule has 0 aliphatic carbocycles. The Labute approximate surface area is 100 Å². The van der Waals surface area contributed by atoms with Gasteiger partial charge in [-0.2, -0.15) is 0 Å². The number of carbonyl (C=O) groups excluding carboxylic acids is 1. The maximum Gasteiger partial charge on any atom is 0.222 e. The van der Waals surface area contributed by atoms with E-state index in [9.17, 15) is 4.79 Å². The summed E-state index contributed by atoms with van der Waals surface area (Å²) in [5.41, 5.74) is 5.54. The Bertz CT molecular complexity index is 194. The lowest BCUT2D eigenvalue weighted by Gasteiger charge is -2.24. The van der Waals surface area contributed by atoms with Crippen LogP contribution >= 0.6 is 0 Å². The molecule has 2 N–H and O–H groups in total. The standard InChI is InChI=1S/C13H28N2O/c1-5-11(3)10-15(6-2)13(16)8-7-12(4)9-14/h11-12H,5-10,14H2,1-4H3. The summed E-state index contributed by atoms with van der Waals surface area (Å²) in [6.45, 7) is 10.9. The van der Waals surface area contributed by atoms with Crippen LogP contribution in [0.3, 0.4) is 0 Å². The van der Waals surface area contributed by atoms with E-state index in [1.54, 1.807) is 0 Å². The highest BCUT2D eigenvalue weighted by Crippen LogP contribution is 2.09. The zero-order chi connectivity index (χ0) is 12.6. The Morgan fingerprint density at radius 2 is 1.88 bits per heavy atom. The molecule has 0 aliphatic rings. The highest BCUT2D eigenvalue weighted by Gasteiger charge is 2.14. The normalized spacial score (nSPS) is 14.6. The zero-order valence-corrected chi connectivity index (χ0v) is 11.3. The quantitative estimate of drug-likeness (QED) is 0.692. The predicted octanol–water partition coefficient (Wildman–Crippen LogP) is 2.26. The molecule has 3 heteroatoms. The molecule has 0 saturated carbocycles. The first-order valence-corrected chi connectivity index (χ1v) is 6.52. The van der Waals surface area contributed by atoms with Gasteiger partial charge in [0.1, 0.15) is 0 Å². The number of nitrogens with two attached hydrogens (primary N) is 1. The van der Waals surface area contributed by atoms with Crippen molar-refractivity contribution in [3.63, 3.8) is 0 Å². The number of hydrogen-bond acceptors (Lipinski definition) is 2. The number of amides is 1. The van der Waals surface area contributed by atoms with Crippen molar-refractivity contribution < 1.29 is 4.79 Å². The summed E-state index contributed by atoms with van der Waals surface area (Å²) < 4.78 is 0. The lowest BCUT2D eigenvalue weighted by molar-refractivity contribution is -0.131. The summed E-state index contributed by atoms with van der Waals surface area (Å²) in [6, 6.07) is 0. The van der Waals surface area contributed by atoms with Gasteiger partial charge in [0.2, 0.25) is 5.91 Å². The third-order valence-corrected chi connectivity index (χ3v) is 3.22. The van der Waals surface area contributed by atoms with E-state index in [4.69, 9.17) is 5.73 Å². The smallest absolute Gasteiger partial charge is 0.222 e. The molecule has 16 heavy (non-hydrogen) atoms. The molecule has 0 rings (SSSR count). The summed E-state index contributed by atoms with van der Waals surface area (Å²) in [6.07, 6.45) is 2.68. The molecule has 0 saturated heterocycles. The van der Waals surface area contributed by atoms with E-state index < -0.39 is 0 Å². The fraction of sp³-hybridized carbons (Fsp3) is 0.923. The van der Waals surface area contributed by atoms with Gasteiger partial charge in [0.15, 0.2) is 0 Å². The molecule has 2 unspecified atom stereocenters. The van der Waals surface area contributed by atoms with Crippen LogP contribution in [-0.4, -0.2) is 30.4 Å². The van der Waals surface area contributed by atoms with E-state index >= 15 is 0 Å². The van der Waals surface area contributed by atoms with Crippen molar-refractivity contribution in [2.75, 3.05) is 19.6 Å². The van der Waals surface area contributed by atoms with Gasteiger partial charge in [0, 0.05) is 19.5 Å². The summed E-state index contributed by atoms with van der Waals surface area (Å²) in [4.78, 5) is 13.9. The van der Waals surface area contributed by atoms with Crippen LogP contribution in [0.4, 0.5) is 0 Å². The van der Waals surface area contributed by atoms with Gasteiger partial charge in [-0.15, -0.1) is 0 Å². The number of rotatable bonds is 8. The summed E-state index contributed by atoms with van der Waals surface area (Å²) in [5.74, 6) is 1.32. The number of carbonyl (C=O) groups is 1. The Morgan fingerprint density at radius 1 is 1.25 bits per heavy atom. The van der Waals surface area contributed by atoms with E-state index in [0.717, 1.165) is 25.9 Å². The van der Waals surface area contributed by atoms with Crippen molar-refractivity contribution in [3.05, 3.63) is 0 Å². The topological polar surface area (TPSA) is 46.3 Å². The Hall–Kier alpha value is -0.570. The van der Waals surface area contributed by atoms with Crippen LogP contribution in [0.5, 0.6) is 0 Å². The second kappa shape index (κ2) is 8.57. The van der Waals surface area contributed by atoms with Crippen LogP contribution in [0.1, 0.15) is 47.0 Å². The first-order valence-electron chi connectivity index (χ1n) is 6.52. The van der Waals surface area contributed by atoms with Gasteiger partial charge < -0.3 is 10.6 Å². The fourth-order valence-corrected chi connectivity index (χ4v) is 1.56. The molecule has 0 aromatic rings.